The average molecular weight is 591 g/mol. The second kappa shape index (κ2) is 14.1. The van der Waals surface area contributed by atoms with E-state index in [0.717, 1.165) is 48.2 Å². The maximum atomic E-state index is 13.7. The smallest absolute Gasteiger partial charge is 0.259 e. The van der Waals surface area contributed by atoms with Crippen molar-refractivity contribution < 1.29 is 9.59 Å². The minimum Gasteiger partial charge on any atom is -0.307 e. The molecule has 0 aromatic heterocycles. The third kappa shape index (κ3) is 6.36. The van der Waals surface area contributed by atoms with E-state index in [4.69, 9.17) is 0 Å². The van der Waals surface area contributed by atoms with Gasteiger partial charge in [0.2, 0.25) is 0 Å². The lowest BCUT2D eigenvalue weighted by atomic mass is 9.93. The van der Waals surface area contributed by atoms with Crippen LogP contribution in [-0.4, -0.2) is 34.7 Å². The SMILES string of the molecule is CCCCCCCCc1ccc2c(c1)CCN1C(=O)/C(=C3\C=C4c5ccc(CCCCCCCC)cc5CCN4C3=O)C=C21. The van der Waals surface area contributed by atoms with Gasteiger partial charge in [-0.05, 0) is 72.9 Å². The number of benzene rings is 2. The first-order valence-electron chi connectivity index (χ1n) is 17.6. The molecule has 0 spiro atoms. The van der Waals surface area contributed by atoms with Crippen molar-refractivity contribution >= 4 is 23.2 Å². The van der Waals surface area contributed by atoms with Crippen LogP contribution in [0.5, 0.6) is 0 Å². The molecule has 44 heavy (non-hydrogen) atoms. The highest BCUT2D eigenvalue weighted by molar-refractivity contribution is 6.18. The van der Waals surface area contributed by atoms with Crippen LogP contribution in [0.25, 0.3) is 11.4 Å². The summed E-state index contributed by atoms with van der Waals surface area (Å²) in [5.74, 6) is -0.0623. The largest absolute Gasteiger partial charge is 0.307 e. The van der Waals surface area contributed by atoms with Crippen LogP contribution in [0.15, 0.2) is 59.7 Å². The Balaban J connectivity index is 1.18. The molecule has 0 radical (unpaired) electrons. The van der Waals surface area contributed by atoms with Crippen molar-refractivity contribution in [2.45, 2.75) is 117 Å². The maximum absolute atomic E-state index is 13.7. The monoisotopic (exact) mass is 590 g/mol. The van der Waals surface area contributed by atoms with Gasteiger partial charge in [-0.15, -0.1) is 0 Å². The zero-order chi connectivity index (χ0) is 30.5. The molecular formula is C40H50N2O2. The Kier molecular flexibility index (Phi) is 9.84. The molecule has 0 fully saturated rings. The first-order valence-corrected chi connectivity index (χ1v) is 17.6. The van der Waals surface area contributed by atoms with Gasteiger partial charge in [-0.1, -0.05) is 114 Å². The normalized spacial score (nSPS) is 18.7. The number of hydrogen-bond donors (Lipinski definition) is 0. The molecule has 2 amide bonds. The van der Waals surface area contributed by atoms with E-state index in [1.807, 2.05) is 22.0 Å². The predicted octanol–water partition coefficient (Wildman–Crippen LogP) is 8.97. The minimum atomic E-state index is -0.0311. The molecule has 0 atom stereocenters. The Bertz CT molecular complexity index is 1380. The number of carbonyl (C=O) groups excluding carboxylic acids is 2. The Morgan fingerprint density at radius 1 is 0.545 bits per heavy atom. The molecular weight excluding hydrogens is 540 g/mol. The molecule has 0 unspecified atom stereocenters. The lowest BCUT2D eigenvalue weighted by Crippen LogP contribution is -2.33. The summed E-state index contributed by atoms with van der Waals surface area (Å²) in [5, 5.41) is 0. The summed E-state index contributed by atoms with van der Waals surface area (Å²) in [4.78, 5) is 31.2. The van der Waals surface area contributed by atoms with Gasteiger partial charge < -0.3 is 9.80 Å². The van der Waals surface area contributed by atoms with Crippen molar-refractivity contribution in [3.63, 3.8) is 0 Å². The molecule has 4 heterocycles. The second-order valence-corrected chi connectivity index (χ2v) is 13.3. The lowest BCUT2D eigenvalue weighted by Gasteiger charge is -2.28. The fourth-order valence-electron chi connectivity index (χ4n) is 7.54. The molecule has 6 rings (SSSR count). The van der Waals surface area contributed by atoms with Crippen molar-refractivity contribution in [2.75, 3.05) is 13.1 Å². The standard InChI is InChI=1S/C40H50N2O2/c1-3-5-7-9-11-13-15-29-17-19-33-31(25-29)21-23-41-37(33)27-35(39(41)43)36-28-38-34-20-18-30(16-14-12-10-8-6-4-2)26-32(34)22-24-42(38)40(36)44/h17-20,25-28H,3-16,21-24H2,1-2H3/b36-35+. The fourth-order valence-corrected chi connectivity index (χ4v) is 7.54. The van der Waals surface area contributed by atoms with Crippen LogP contribution < -0.4 is 0 Å². The average Bonchev–Trinajstić information content (AvgIpc) is 3.56. The molecule has 0 N–H and O–H groups in total. The molecule has 0 saturated heterocycles. The summed E-state index contributed by atoms with van der Waals surface area (Å²) < 4.78 is 0. The van der Waals surface area contributed by atoms with E-state index in [0.29, 0.717) is 24.2 Å². The van der Waals surface area contributed by atoms with Crippen molar-refractivity contribution in [1.29, 1.82) is 0 Å². The Morgan fingerprint density at radius 3 is 1.39 bits per heavy atom. The van der Waals surface area contributed by atoms with E-state index < -0.39 is 0 Å². The quantitative estimate of drug-likeness (QED) is 0.163. The highest BCUT2D eigenvalue weighted by Gasteiger charge is 2.40. The molecule has 2 aromatic rings. The van der Waals surface area contributed by atoms with Gasteiger partial charge in [0.25, 0.3) is 11.8 Å². The summed E-state index contributed by atoms with van der Waals surface area (Å²) in [6, 6.07) is 13.6. The molecule has 4 heteroatoms. The fraction of sp³-hybridized carbons (Fsp3) is 0.500. The predicted molar refractivity (Wildman–Crippen MR) is 181 cm³/mol. The van der Waals surface area contributed by atoms with Gasteiger partial charge in [0.1, 0.15) is 0 Å². The zero-order valence-electron chi connectivity index (χ0n) is 27.1. The Morgan fingerprint density at radius 2 is 0.955 bits per heavy atom. The molecule has 4 aliphatic heterocycles. The van der Waals surface area contributed by atoms with E-state index >= 15 is 0 Å². The first kappa shape index (κ1) is 30.6. The van der Waals surface area contributed by atoms with Crippen LogP contribution >= 0.6 is 0 Å². The summed E-state index contributed by atoms with van der Waals surface area (Å²) in [6.45, 7) is 5.87. The summed E-state index contributed by atoms with van der Waals surface area (Å²) in [5.41, 5.74) is 10.8. The van der Waals surface area contributed by atoms with Gasteiger partial charge in [-0.2, -0.15) is 0 Å². The van der Waals surface area contributed by atoms with E-state index in [9.17, 15) is 9.59 Å². The Hall–Kier alpha value is -3.40. The molecule has 232 valence electrons. The number of fused-ring (bicyclic) bond motifs is 6. The lowest BCUT2D eigenvalue weighted by molar-refractivity contribution is -0.125. The highest BCUT2D eigenvalue weighted by atomic mass is 16.2. The molecule has 0 bridgehead atoms. The van der Waals surface area contributed by atoms with Gasteiger partial charge in [0, 0.05) is 24.2 Å². The number of nitrogens with zero attached hydrogens (tertiary/aromatic N) is 2. The van der Waals surface area contributed by atoms with Gasteiger partial charge >= 0.3 is 0 Å². The van der Waals surface area contributed by atoms with E-state index in [1.165, 1.54) is 99.3 Å². The number of aryl methyl sites for hydroxylation is 2. The number of amides is 2. The van der Waals surface area contributed by atoms with Crippen molar-refractivity contribution in [1.82, 2.24) is 9.80 Å². The molecule has 4 aliphatic rings. The van der Waals surface area contributed by atoms with Gasteiger partial charge in [-0.3, -0.25) is 9.59 Å². The van der Waals surface area contributed by atoms with Crippen LogP contribution in [0.3, 0.4) is 0 Å². The van der Waals surface area contributed by atoms with Crippen LogP contribution in [0, 0.1) is 0 Å². The third-order valence-electron chi connectivity index (χ3n) is 10.1. The van der Waals surface area contributed by atoms with Gasteiger partial charge in [0.05, 0.1) is 22.5 Å². The van der Waals surface area contributed by atoms with Crippen LogP contribution in [-0.2, 0) is 35.3 Å². The molecule has 2 aromatic carbocycles. The molecule has 0 saturated carbocycles. The topological polar surface area (TPSA) is 40.6 Å². The van der Waals surface area contributed by atoms with E-state index in [-0.39, 0.29) is 11.8 Å². The third-order valence-corrected chi connectivity index (χ3v) is 10.1. The molecule has 0 aliphatic carbocycles. The van der Waals surface area contributed by atoms with Crippen molar-refractivity contribution in [3.8, 4) is 0 Å². The highest BCUT2D eigenvalue weighted by Crippen LogP contribution is 2.41. The summed E-state index contributed by atoms with van der Waals surface area (Å²) >= 11 is 0. The number of hydrogen-bond acceptors (Lipinski definition) is 2. The second-order valence-electron chi connectivity index (χ2n) is 13.3. The van der Waals surface area contributed by atoms with Crippen LogP contribution in [0.2, 0.25) is 0 Å². The summed E-state index contributed by atoms with van der Waals surface area (Å²) in [7, 11) is 0. The van der Waals surface area contributed by atoms with E-state index in [2.05, 4.69) is 50.2 Å². The summed E-state index contributed by atoms with van der Waals surface area (Å²) in [6.07, 6.45) is 23.6. The van der Waals surface area contributed by atoms with Gasteiger partial charge in [0.15, 0.2) is 0 Å². The zero-order valence-corrected chi connectivity index (χ0v) is 27.1. The number of carbonyl (C=O) groups is 2. The molecule has 4 nitrogen and oxygen atoms in total. The Labute approximate surface area is 264 Å². The van der Waals surface area contributed by atoms with Crippen LogP contribution in [0.1, 0.15) is 124 Å². The van der Waals surface area contributed by atoms with Crippen molar-refractivity contribution in [2.24, 2.45) is 0 Å². The van der Waals surface area contributed by atoms with Gasteiger partial charge in [-0.25, -0.2) is 0 Å². The number of unbranched alkanes of at least 4 members (excludes halogenated alkanes) is 10. The minimum absolute atomic E-state index is 0.0311. The maximum Gasteiger partial charge on any atom is 0.259 e. The van der Waals surface area contributed by atoms with Crippen molar-refractivity contribution in [3.05, 3.63) is 93.1 Å². The van der Waals surface area contributed by atoms with Crippen LogP contribution in [0.4, 0.5) is 0 Å². The number of rotatable bonds is 14. The first-order chi connectivity index (χ1) is 21.6. The van der Waals surface area contributed by atoms with E-state index in [1.54, 1.807) is 0 Å².